The summed E-state index contributed by atoms with van der Waals surface area (Å²) in [6, 6.07) is 68.5. The Bertz CT molecular complexity index is 4010. The third-order valence-corrected chi connectivity index (χ3v) is 13.8. The summed E-state index contributed by atoms with van der Waals surface area (Å²) in [5, 5.41) is 13.4. The minimum absolute atomic E-state index is 0.902. The molecule has 0 bridgehead atoms. The highest BCUT2D eigenvalue weighted by Crippen LogP contribution is 2.55. The van der Waals surface area contributed by atoms with Gasteiger partial charge in [0, 0.05) is 37.0 Å². The molecule has 0 saturated heterocycles. The van der Waals surface area contributed by atoms with Gasteiger partial charge in [-0.1, -0.05) is 121 Å². The number of imidazole rings is 1. The molecule has 0 unspecified atom stereocenters. The zero-order valence-corrected chi connectivity index (χ0v) is 32.9. The van der Waals surface area contributed by atoms with Crippen molar-refractivity contribution in [1.82, 2.24) is 9.38 Å². The van der Waals surface area contributed by atoms with E-state index in [1.165, 1.54) is 58.6 Å². The van der Waals surface area contributed by atoms with Crippen molar-refractivity contribution >= 4 is 121 Å². The second-order valence-electron chi connectivity index (χ2n) is 15.9. The summed E-state index contributed by atoms with van der Waals surface area (Å²) >= 11 is 1.86. The fourth-order valence-corrected chi connectivity index (χ4v) is 11.1. The molecule has 4 nitrogen and oxygen atoms in total. The topological polar surface area (TPSA) is 33.7 Å². The lowest BCUT2D eigenvalue weighted by atomic mass is 9.93. The van der Waals surface area contributed by atoms with Crippen LogP contribution in [0.15, 0.2) is 202 Å². The van der Waals surface area contributed by atoms with Crippen molar-refractivity contribution in [3.8, 4) is 11.1 Å². The van der Waals surface area contributed by atoms with Crippen molar-refractivity contribution in [3.63, 3.8) is 0 Å². The van der Waals surface area contributed by atoms with Crippen molar-refractivity contribution in [1.29, 1.82) is 0 Å². The standard InChI is InChI=1S/C55H31N3OS/c1-3-13-37-35(11-1)36-12-2-4-14-38(36)45-31-54-50(30-44(37)45)57(49-26-22-33(28-53(49)60-54)32-21-24-41-40-16-6-10-20-51(40)59-52(41)27-32)34-23-25-42-43(29-34)39-15-5-8-18-47(39)58-48-19-9-7-17-46(48)56-55(42)58/h1-31H. The number of pyridine rings is 1. The van der Waals surface area contributed by atoms with E-state index in [-0.39, 0.29) is 0 Å². The number of hydrogen-bond acceptors (Lipinski definition) is 4. The number of hydrogen-bond donors (Lipinski definition) is 0. The highest BCUT2D eigenvalue weighted by Gasteiger charge is 2.28. The van der Waals surface area contributed by atoms with Crippen LogP contribution in [0.3, 0.4) is 0 Å². The van der Waals surface area contributed by atoms with Crippen molar-refractivity contribution in [3.05, 3.63) is 188 Å². The summed E-state index contributed by atoms with van der Waals surface area (Å²) in [5.41, 5.74) is 11.8. The van der Waals surface area contributed by atoms with Gasteiger partial charge in [0.1, 0.15) is 16.8 Å². The molecule has 10 aromatic carbocycles. The maximum absolute atomic E-state index is 6.35. The molecule has 4 heterocycles. The number of benzene rings is 10. The average Bonchev–Trinajstić information content (AvgIpc) is 3.89. The maximum Gasteiger partial charge on any atom is 0.146 e. The maximum atomic E-state index is 6.35. The molecule has 1 aliphatic heterocycles. The number of anilines is 3. The first-order chi connectivity index (χ1) is 29.7. The second-order valence-corrected chi connectivity index (χ2v) is 17.0. The fourth-order valence-electron chi connectivity index (χ4n) is 10.0. The largest absolute Gasteiger partial charge is 0.456 e. The molecular weight excluding hydrogens is 751 g/mol. The zero-order valence-electron chi connectivity index (χ0n) is 32.1. The van der Waals surface area contributed by atoms with Gasteiger partial charge in [-0.2, -0.15) is 0 Å². The molecule has 1 aliphatic rings. The van der Waals surface area contributed by atoms with E-state index in [9.17, 15) is 0 Å². The Morgan fingerprint density at radius 3 is 1.78 bits per heavy atom. The molecular formula is C55H31N3OS. The third kappa shape index (κ3) is 4.44. The second kappa shape index (κ2) is 12.0. The van der Waals surface area contributed by atoms with Crippen LogP contribution < -0.4 is 4.90 Å². The first kappa shape index (κ1) is 32.4. The first-order valence-electron chi connectivity index (χ1n) is 20.4. The molecule has 14 rings (SSSR count). The number of rotatable bonds is 2. The predicted octanol–water partition coefficient (Wildman–Crippen LogP) is 15.8. The van der Waals surface area contributed by atoms with E-state index in [1.807, 2.05) is 23.9 Å². The van der Waals surface area contributed by atoms with Gasteiger partial charge in [-0.3, -0.25) is 4.40 Å². The lowest BCUT2D eigenvalue weighted by Crippen LogP contribution is -2.15. The smallest absolute Gasteiger partial charge is 0.146 e. The molecule has 13 aromatic rings. The minimum atomic E-state index is 0.902. The van der Waals surface area contributed by atoms with Crippen molar-refractivity contribution in [2.75, 3.05) is 4.90 Å². The summed E-state index contributed by atoms with van der Waals surface area (Å²) in [7, 11) is 0. The molecule has 0 saturated carbocycles. The van der Waals surface area contributed by atoms with Crippen molar-refractivity contribution < 1.29 is 4.42 Å². The summed E-state index contributed by atoms with van der Waals surface area (Å²) in [4.78, 5) is 10.1. The van der Waals surface area contributed by atoms with Gasteiger partial charge in [-0.15, -0.1) is 0 Å². The molecule has 60 heavy (non-hydrogen) atoms. The van der Waals surface area contributed by atoms with E-state index in [1.54, 1.807) is 0 Å². The molecule has 0 amide bonds. The van der Waals surface area contributed by atoms with Crippen LogP contribution in [0, 0.1) is 0 Å². The summed E-state index contributed by atoms with van der Waals surface area (Å²) < 4.78 is 8.67. The highest BCUT2D eigenvalue weighted by molar-refractivity contribution is 7.99. The van der Waals surface area contributed by atoms with Crippen LogP contribution in [0.1, 0.15) is 0 Å². The van der Waals surface area contributed by atoms with Gasteiger partial charge in [0.05, 0.1) is 27.9 Å². The molecule has 0 atom stereocenters. The average molecular weight is 782 g/mol. The molecule has 0 spiro atoms. The van der Waals surface area contributed by atoms with Crippen molar-refractivity contribution in [2.24, 2.45) is 0 Å². The van der Waals surface area contributed by atoms with Crippen LogP contribution in [-0.2, 0) is 0 Å². The SMILES string of the molecule is c1ccc2c(c1)nc1c3ccc(N4c5ccc(-c6ccc7c(c6)oc6ccccc67)cc5Sc5cc6c7ccccc7c7ccccc7c6cc54)cc3c3ccccc3n21. The molecule has 3 aromatic heterocycles. The van der Waals surface area contributed by atoms with Crippen LogP contribution in [0.25, 0.3) is 104 Å². The molecule has 0 aliphatic carbocycles. The predicted molar refractivity (Wildman–Crippen MR) is 252 cm³/mol. The number of aromatic nitrogens is 2. The van der Waals surface area contributed by atoms with Crippen LogP contribution in [0.5, 0.6) is 0 Å². The minimum Gasteiger partial charge on any atom is -0.456 e. The van der Waals surface area contributed by atoms with Crippen LogP contribution in [0.2, 0.25) is 0 Å². The first-order valence-corrected chi connectivity index (χ1v) is 21.2. The van der Waals surface area contributed by atoms with Gasteiger partial charge in [0.2, 0.25) is 0 Å². The van der Waals surface area contributed by atoms with E-state index >= 15 is 0 Å². The van der Waals surface area contributed by atoms with Crippen LogP contribution in [-0.4, -0.2) is 9.38 Å². The summed E-state index contributed by atoms with van der Waals surface area (Å²) in [5.74, 6) is 0. The van der Waals surface area contributed by atoms with E-state index < -0.39 is 0 Å². The van der Waals surface area contributed by atoms with Gasteiger partial charge in [0.15, 0.2) is 0 Å². The Morgan fingerprint density at radius 1 is 0.383 bits per heavy atom. The summed E-state index contributed by atoms with van der Waals surface area (Å²) in [6.07, 6.45) is 0. The summed E-state index contributed by atoms with van der Waals surface area (Å²) in [6.45, 7) is 0. The highest BCUT2D eigenvalue weighted by atomic mass is 32.2. The Balaban J connectivity index is 1.03. The van der Waals surface area contributed by atoms with E-state index in [2.05, 4.69) is 185 Å². The number of fused-ring (bicyclic) bond motifs is 19. The third-order valence-electron chi connectivity index (χ3n) is 12.7. The molecule has 278 valence electrons. The zero-order chi connectivity index (χ0) is 39.1. The van der Waals surface area contributed by atoms with Crippen molar-refractivity contribution in [2.45, 2.75) is 9.79 Å². The Kier molecular flexibility index (Phi) is 6.46. The Morgan fingerprint density at radius 2 is 0.967 bits per heavy atom. The molecule has 0 N–H and O–H groups in total. The fraction of sp³-hybridized carbons (Fsp3) is 0. The number of para-hydroxylation sites is 4. The van der Waals surface area contributed by atoms with Gasteiger partial charge < -0.3 is 9.32 Å². The van der Waals surface area contributed by atoms with E-state index in [0.717, 1.165) is 72.0 Å². The Labute approximate surface area is 347 Å². The molecule has 0 radical (unpaired) electrons. The number of furan rings is 1. The lowest BCUT2D eigenvalue weighted by molar-refractivity contribution is 0.669. The van der Waals surface area contributed by atoms with E-state index in [0.29, 0.717) is 0 Å². The Hall–Kier alpha value is -7.60. The monoisotopic (exact) mass is 781 g/mol. The van der Waals surface area contributed by atoms with Gasteiger partial charge >= 0.3 is 0 Å². The van der Waals surface area contributed by atoms with Crippen LogP contribution in [0.4, 0.5) is 17.1 Å². The lowest BCUT2D eigenvalue weighted by Gasteiger charge is -2.34. The van der Waals surface area contributed by atoms with Gasteiger partial charge in [-0.25, -0.2) is 4.98 Å². The number of nitrogens with zero attached hydrogens (tertiary/aromatic N) is 3. The van der Waals surface area contributed by atoms with E-state index in [4.69, 9.17) is 9.40 Å². The van der Waals surface area contributed by atoms with Gasteiger partial charge in [-0.05, 0) is 128 Å². The van der Waals surface area contributed by atoms with Crippen LogP contribution >= 0.6 is 11.8 Å². The molecule has 5 heteroatoms. The molecule has 0 fully saturated rings. The normalized spacial score (nSPS) is 12.9. The van der Waals surface area contributed by atoms with Gasteiger partial charge in [0.25, 0.3) is 0 Å². The quantitative estimate of drug-likeness (QED) is 0.164.